The van der Waals surface area contributed by atoms with Gasteiger partial charge in [0, 0.05) is 0 Å². The van der Waals surface area contributed by atoms with Crippen LogP contribution < -0.4 is 0 Å². The minimum Gasteiger partial charge on any atom is -1.00 e. The van der Waals surface area contributed by atoms with Crippen LogP contribution in [0.4, 0.5) is 0 Å². The van der Waals surface area contributed by atoms with Crippen LogP contribution >= 0.6 is 23.2 Å². The number of rotatable bonds is 0. The standard InChI is InChI=1S/C6H4Cl2O.Mg.2H/c7-4-2-1-3-5(9)6(4)8;;;/h1-3,9H;;;/q;+2;2*-1. The fourth-order valence-electron chi connectivity index (χ4n) is 0.492. The number of hydrogen-bond acceptors (Lipinski definition) is 1. The van der Waals surface area contributed by atoms with Crippen molar-refractivity contribution in [1.29, 1.82) is 0 Å². The summed E-state index contributed by atoms with van der Waals surface area (Å²) in [5, 5.41) is 9.46. The van der Waals surface area contributed by atoms with Crippen LogP contribution in [0.15, 0.2) is 18.2 Å². The zero-order valence-electron chi connectivity index (χ0n) is 7.14. The molecule has 0 unspecified atom stereocenters. The van der Waals surface area contributed by atoms with Gasteiger partial charge in [-0.25, -0.2) is 0 Å². The van der Waals surface area contributed by atoms with Crippen molar-refractivity contribution in [3.8, 4) is 5.75 Å². The third-order valence-corrected chi connectivity index (χ3v) is 1.74. The first kappa shape index (κ1) is 10.4. The number of phenols is 1. The molecule has 52 valence electrons. The van der Waals surface area contributed by atoms with Crippen LogP contribution in [0.3, 0.4) is 0 Å². The van der Waals surface area contributed by atoms with Crippen molar-refractivity contribution >= 4 is 46.3 Å². The van der Waals surface area contributed by atoms with Crippen molar-refractivity contribution < 1.29 is 7.96 Å². The normalized spacial score (nSPS) is 8.60. The largest absolute Gasteiger partial charge is 2.00 e. The van der Waals surface area contributed by atoms with E-state index in [2.05, 4.69) is 0 Å². The van der Waals surface area contributed by atoms with E-state index in [9.17, 15) is 0 Å². The van der Waals surface area contributed by atoms with E-state index >= 15 is 0 Å². The van der Waals surface area contributed by atoms with Crippen molar-refractivity contribution in [2.75, 3.05) is 0 Å². The molecular weight excluding hydrogens is 183 g/mol. The van der Waals surface area contributed by atoms with Gasteiger partial charge in [-0.3, -0.25) is 0 Å². The Morgan fingerprint density at radius 1 is 1.30 bits per heavy atom. The molecule has 0 saturated heterocycles. The van der Waals surface area contributed by atoms with Gasteiger partial charge in [-0.05, 0) is 12.1 Å². The van der Waals surface area contributed by atoms with Crippen LogP contribution in [-0.4, -0.2) is 28.2 Å². The van der Waals surface area contributed by atoms with Gasteiger partial charge in [-0.2, -0.15) is 0 Å². The monoisotopic (exact) mass is 188 g/mol. The van der Waals surface area contributed by atoms with Crippen molar-refractivity contribution in [3.05, 3.63) is 28.2 Å². The number of hydrogen-bond donors (Lipinski definition) is 1. The van der Waals surface area contributed by atoms with Crippen LogP contribution in [0, 0.1) is 0 Å². The van der Waals surface area contributed by atoms with E-state index in [1.807, 2.05) is 0 Å². The molecule has 0 spiro atoms. The van der Waals surface area contributed by atoms with Gasteiger partial charge in [0.1, 0.15) is 10.8 Å². The molecule has 10 heavy (non-hydrogen) atoms. The Kier molecular flexibility index (Phi) is 4.44. The molecule has 1 aromatic rings. The summed E-state index contributed by atoms with van der Waals surface area (Å²) in [6.45, 7) is 0. The second-order valence-corrected chi connectivity index (χ2v) is 2.36. The Hall–Kier alpha value is 0.366. The number of benzene rings is 1. The molecule has 0 aliphatic carbocycles. The summed E-state index contributed by atoms with van der Waals surface area (Å²) in [5.41, 5.74) is 0. The fraction of sp³-hybridized carbons (Fsp3) is 0. The van der Waals surface area contributed by atoms with Gasteiger partial charge in [0.05, 0.1) is 5.02 Å². The summed E-state index contributed by atoms with van der Waals surface area (Å²) in [4.78, 5) is 0. The summed E-state index contributed by atoms with van der Waals surface area (Å²) in [6.07, 6.45) is 0. The Balaban J connectivity index is -0.000000270. The van der Waals surface area contributed by atoms with Gasteiger partial charge in [-0.1, -0.05) is 29.3 Å². The zero-order valence-corrected chi connectivity index (χ0v) is 8.07. The third-order valence-electron chi connectivity index (χ3n) is 0.931. The fourth-order valence-corrected chi connectivity index (χ4v) is 0.788. The predicted octanol–water partition coefficient (Wildman–Crippen LogP) is 2.54. The molecule has 0 saturated carbocycles. The van der Waals surface area contributed by atoms with Gasteiger partial charge >= 0.3 is 23.1 Å². The molecule has 1 aromatic carbocycles. The first-order valence-electron chi connectivity index (χ1n) is 2.35. The topological polar surface area (TPSA) is 20.2 Å². The Labute approximate surface area is 88.1 Å². The molecule has 1 N–H and O–H groups in total. The average molecular weight is 189 g/mol. The van der Waals surface area contributed by atoms with Gasteiger partial charge in [0.25, 0.3) is 0 Å². The summed E-state index contributed by atoms with van der Waals surface area (Å²) >= 11 is 11.0. The number of phenolic OH excluding ortho intramolecular Hbond substituents is 1. The van der Waals surface area contributed by atoms with E-state index in [0.717, 1.165) is 0 Å². The first-order valence-corrected chi connectivity index (χ1v) is 3.10. The van der Waals surface area contributed by atoms with E-state index < -0.39 is 0 Å². The summed E-state index contributed by atoms with van der Waals surface area (Å²) in [5.74, 6) is 0.0177. The summed E-state index contributed by atoms with van der Waals surface area (Å²) < 4.78 is 0. The molecule has 0 aliphatic rings. The van der Waals surface area contributed by atoms with E-state index in [1.54, 1.807) is 12.1 Å². The van der Waals surface area contributed by atoms with Crippen molar-refractivity contribution in [2.24, 2.45) is 0 Å². The maximum atomic E-state index is 8.88. The molecule has 0 amide bonds. The maximum absolute atomic E-state index is 8.88. The molecule has 0 aliphatic heterocycles. The van der Waals surface area contributed by atoms with Gasteiger partial charge in [0.15, 0.2) is 0 Å². The van der Waals surface area contributed by atoms with E-state index in [0.29, 0.717) is 5.02 Å². The Morgan fingerprint density at radius 3 is 2.30 bits per heavy atom. The van der Waals surface area contributed by atoms with Crippen LogP contribution in [0.5, 0.6) is 5.75 Å². The third kappa shape index (κ3) is 2.20. The molecule has 1 nitrogen and oxygen atoms in total. The second kappa shape index (κ2) is 4.29. The molecule has 0 fully saturated rings. The van der Waals surface area contributed by atoms with Crippen molar-refractivity contribution in [2.45, 2.75) is 0 Å². The van der Waals surface area contributed by atoms with Crippen LogP contribution in [0.2, 0.25) is 10.0 Å². The predicted molar refractivity (Wildman–Crippen MR) is 46.1 cm³/mol. The van der Waals surface area contributed by atoms with Gasteiger partial charge < -0.3 is 7.96 Å². The molecule has 0 aromatic heterocycles. The number of aromatic hydroxyl groups is 1. The second-order valence-electron chi connectivity index (χ2n) is 1.57. The number of halogens is 2. The summed E-state index contributed by atoms with van der Waals surface area (Å²) in [7, 11) is 0. The maximum Gasteiger partial charge on any atom is 2.00 e. The van der Waals surface area contributed by atoms with Crippen LogP contribution in [0.1, 0.15) is 2.85 Å². The molecule has 0 heterocycles. The van der Waals surface area contributed by atoms with E-state index in [4.69, 9.17) is 28.3 Å². The minimum absolute atomic E-state index is 0. The Bertz CT molecular complexity index is 215. The molecular formula is C6H6Cl2MgO. The molecule has 0 atom stereocenters. The van der Waals surface area contributed by atoms with Crippen LogP contribution in [-0.2, 0) is 0 Å². The Morgan fingerprint density at radius 2 is 1.90 bits per heavy atom. The van der Waals surface area contributed by atoms with Gasteiger partial charge in [-0.15, -0.1) is 0 Å². The van der Waals surface area contributed by atoms with E-state index in [-0.39, 0.29) is 36.7 Å². The molecule has 4 heteroatoms. The van der Waals surface area contributed by atoms with Crippen LogP contribution in [0.25, 0.3) is 0 Å². The molecule has 0 radical (unpaired) electrons. The zero-order chi connectivity index (χ0) is 6.85. The first-order chi connectivity index (χ1) is 4.22. The SMILES string of the molecule is Oc1cccc(Cl)c1Cl.[H-].[H-].[Mg+2]. The van der Waals surface area contributed by atoms with Crippen molar-refractivity contribution in [1.82, 2.24) is 0 Å². The van der Waals surface area contributed by atoms with Crippen molar-refractivity contribution in [3.63, 3.8) is 0 Å². The van der Waals surface area contributed by atoms with Gasteiger partial charge in [0.2, 0.25) is 0 Å². The average Bonchev–Trinajstić information content (AvgIpc) is 1.83. The quantitative estimate of drug-likeness (QED) is 0.622. The smallest absolute Gasteiger partial charge is 1.00 e. The molecule has 0 bridgehead atoms. The molecule has 1 rings (SSSR count). The summed E-state index contributed by atoms with van der Waals surface area (Å²) in [6, 6.07) is 4.72. The van der Waals surface area contributed by atoms with E-state index in [1.165, 1.54) is 6.07 Å². The minimum atomic E-state index is 0.